The Morgan fingerprint density at radius 2 is 2.06 bits per heavy atom. The van der Waals surface area contributed by atoms with Gasteiger partial charge in [-0.2, -0.15) is 0 Å². The number of likely N-dealkylation sites (tertiary alicyclic amines) is 1. The smallest absolute Gasteiger partial charge is 0.0146 e. The molecule has 1 aliphatic carbocycles. The monoisotopic (exact) mass is 224 g/mol. The van der Waals surface area contributed by atoms with Crippen molar-refractivity contribution in [3.63, 3.8) is 0 Å². The molecule has 2 rings (SSSR count). The van der Waals surface area contributed by atoms with E-state index in [1.165, 1.54) is 51.7 Å². The lowest BCUT2D eigenvalue weighted by Gasteiger charge is -2.44. The SMILES string of the molecule is CNCC1CCN(C2CCCCC2(C)C)C1. The molecule has 0 spiro atoms. The molecule has 0 aromatic carbocycles. The van der Waals surface area contributed by atoms with Crippen molar-refractivity contribution in [1.82, 2.24) is 10.2 Å². The molecule has 0 bridgehead atoms. The van der Waals surface area contributed by atoms with Gasteiger partial charge in [0.05, 0.1) is 0 Å². The van der Waals surface area contributed by atoms with Crippen LogP contribution >= 0.6 is 0 Å². The molecule has 0 radical (unpaired) electrons. The molecular formula is C14H28N2. The van der Waals surface area contributed by atoms with Gasteiger partial charge in [-0.15, -0.1) is 0 Å². The van der Waals surface area contributed by atoms with Gasteiger partial charge < -0.3 is 5.32 Å². The molecule has 94 valence electrons. The van der Waals surface area contributed by atoms with E-state index < -0.39 is 0 Å². The highest BCUT2D eigenvalue weighted by molar-refractivity contribution is 4.92. The maximum absolute atomic E-state index is 3.33. The van der Waals surface area contributed by atoms with Gasteiger partial charge >= 0.3 is 0 Å². The minimum absolute atomic E-state index is 0.548. The first-order valence-electron chi connectivity index (χ1n) is 7.02. The lowest BCUT2D eigenvalue weighted by Crippen LogP contribution is -2.46. The van der Waals surface area contributed by atoms with E-state index in [4.69, 9.17) is 0 Å². The van der Waals surface area contributed by atoms with Crippen LogP contribution in [0.25, 0.3) is 0 Å². The predicted molar refractivity (Wildman–Crippen MR) is 69.6 cm³/mol. The summed E-state index contributed by atoms with van der Waals surface area (Å²) in [4.78, 5) is 2.78. The molecule has 1 saturated carbocycles. The second-order valence-corrected chi connectivity index (χ2v) is 6.46. The van der Waals surface area contributed by atoms with Crippen LogP contribution in [0.1, 0.15) is 46.0 Å². The lowest BCUT2D eigenvalue weighted by atomic mass is 9.72. The van der Waals surface area contributed by atoms with Gasteiger partial charge in [0.1, 0.15) is 0 Å². The van der Waals surface area contributed by atoms with Crippen LogP contribution in [-0.2, 0) is 0 Å². The molecule has 0 aromatic heterocycles. The zero-order chi connectivity index (χ0) is 11.6. The molecule has 2 heteroatoms. The van der Waals surface area contributed by atoms with Crippen molar-refractivity contribution in [2.45, 2.75) is 52.0 Å². The highest BCUT2D eigenvalue weighted by Gasteiger charge is 2.38. The fourth-order valence-electron chi connectivity index (χ4n) is 3.75. The summed E-state index contributed by atoms with van der Waals surface area (Å²) in [5.74, 6) is 0.891. The van der Waals surface area contributed by atoms with Gasteiger partial charge in [0, 0.05) is 12.6 Å². The summed E-state index contributed by atoms with van der Waals surface area (Å²) in [5.41, 5.74) is 0.548. The highest BCUT2D eigenvalue weighted by Crippen LogP contribution is 2.40. The van der Waals surface area contributed by atoms with Gasteiger partial charge in [0.25, 0.3) is 0 Å². The van der Waals surface area contributed by atoms with Crippen molar-refractivity contribution in [1.29, 1.82) is 0 Å². The van der Waals surface area contributed by atoms with E-state index in [1.807, 2.05) is 0 Å². The van der Waals surface area contributed by atoms with E-state index in [-0.39, 0.29) is 0 Å². The third kappa shape index (κ3) is 2.60. The topological polar surface area (TPSA) is 15.3 Å². The molecule has 2 nitrogen and oxygen atoms in total. The van der Waals surface area contributed by atoms with Crippen LogP contribution in [0.5, 0.6) is 0 Å². The second-order valence-electron chi connectivity index (χ2n) is 6.46. The number of nitrogens with one attached hydrogen (secondary N) is 1. The fraction of sp³-hybridized carbons (Fsp3) is 1.00. The molecule has 1 heterocycles. The molecule has 1 aliphatic heterocycles. The first-order valence-corrected chi connectivity index (χ1v) is 7.02. The van der Waals surface area contributed by atoms with Gasteiger partial charge in [0.2, 0.25) is 0 Å². The van der Waals surface area contributed by atoms with Crippen LogP contribution in [0.4, 0.5) is 0 Å². The first-order chi connectivity index (χ1) is 7.63. The second kappa shape index (κ2) is 5.05. The summed E-state index contributed by atoms with van der Waals surface area (Å²) in [5, 5.41) is 3.33. The van der Waals surface area contributed by atoms with Crippen LogP contribution in [0.15, 0.2) is 0 Å². The Balaban J connectivity index is 1.92. The summed E-state index contributed by atoms with van der Waals surface area (Å²) < 4.78 is 0. The lowest BCUT2D eigenvalue weighted by molar-refractivity contribution is 0.0638. The summed E-state index contributed by atoms with van der Waals surface area (Å²) >= 11 is 0. The molecule has 2 aliphatic rings. The highest BCUT2D eigenvalue weighted by atomic mass is 15.2. The van der Waals surface area contributed by atoms with Crippen LogP contribution in [-0.4, -0.2) is 37.6 Å². The van der Waals surface area contributed by atoms with Gasteiger partial charge in [-0.05, 0) is 50.7 Å². The summed E-state index contributed by atoms with van der Waals surface area (Å²) in [6.07, 6.45) is 7.14. The van der Waals surface area contributed by atoms with E-state index in [9.17, 15) is 0 Å². The van der Waals surface area contributed by atoms with E-state index >= 15 is 0 Å². The molecule has 2 fully saturated rings. The molecule has 1 saturated heterocycles. The molecular weight excluding hydrogens is 196 g/mol. The normalized spacial score (nSPS) is 35.4. The van der Waals surface area contributed by atoms with Gasteiger partial charge in [-0.1, -0.05) is 26.7 Å². The minimum atomic E-state index is 0.548. The number of hydrogen-bond acceptors (Lipinski definition) is 2. The van der Waals surface area contributed by atoms with Crippen molar-refractivity contribution in [2.24, 2.45) is 11.3 Å². The Bertz CT molecular complexity index is 225. The predicted octanol–water partition coefficient (Wildman–Crippen LogP) is 2.50. The maximum Gasteiger partial charge on any atom is 0.0146 e. The zero-order valence-electron chi connectivity index (χ0n) is 11.3. The van der Waals surface area contributed by atoms with Crippen molar-refractivity contribution >= 4 is 0 Å². The van der Waals surface area contributed by atoms with Crippen LogP contribution in [0.3, 0.4) is 0 Å². The fourth-order valence-corrected chi connectivity index (χ4v) is 3.75. The number of hydrogen-bond donors (Lipinski definition) is 1. The van der Waals surface area contributed by atoms with Crippen molar-refractivity contribution in [3.8, 4) is 0 Å². The van der Waals surface area contributed by atoms with E-state index in [1.54, 1.807) is 0 Å². The third-order valence-corrected chi connectivity index (χ3v) is 4.70. The summed E-state index contributed by atoms with van der Waals surface area (Å²) in [7, 11) is 2.08. The van der Waals surface area contributed by atoms with E-state index in [0.29, 0.717) is 5.41 Å². The summed E-state index contributed by atoms with van der Waals surface area (Å²) in [6, 6.07) is 0.850. The molecule has 0 aromatic rings. The molecule has 2 atom stereocenters. The van der Waals surface area contributed by atoms with E-state index in [2.05, 4.69) is 31.1 Å². The van der Waals surface area contributed by atoms with Crippen molar-refractivity contribution in [3.05, 3.63) is 0 Å². The minimum Gasteiger partial charge on any atom is -0.319 e. The largest absolute Gasteiger partial charge is 0.319 e. The Morgan fingerprint density at radius 3 is 2.75 bits per heavy atom. The quantitative estimate of drug-likeness (QED) is 0.792. The molecule has 2 unspecified atom stereocenters. The van der Waals surface area contributed by atoms with E-state index in [0.717, 1.165) is 12.0 Å². The Hall–Kier alpha value is -0.0800. The summed E-state index contributed by atoms with van der Waals surface area (Å²) in [6.45, 7) is 8.81. The average Bonchev–Trinajstić information content (AvgIpc) is 2.66. The Labute approximate surface area is 101 Å². The number of nitrogens with zero attached hydrogens (tertiary/aromatic N) is 1. The Morgan fingerprint density at radius 1 is 1.25 bits per heavy atom. The standard InChI is InChI=1S/C14H28N2/c1-14(2)8-5-4-6-13(14)16-9-7-12(11-16)10-15-3/h12-13,15H,4-11H2,1-3H3. The first kappa shape index (κ1) is 12.4. The third-order valence-electron chi connectivity index (χ3n) is 4.70. The van der Waals surface area contributed by atoms with Gasteiger partial charge in [-0.3, -0.25) is 4.90 Å². The van der Waals surface area contributed by atoms with Gasteiger partial charge in [0.15, 0.2) is 0 Å². The van der Waals surface area contributed by atoms with Crippen LogP contribution in [0.2, 0.25) is 0 Å². The number of rotatable bonds is 3. The average molecular weight is 224 g/mol. The van der Waals surface area contributed by atoms with Crippen molar-refractivity contribution in [2.75, 3.05) is 26.7 Å². The zero-order valence-corrected chi connectivity index (χ0v) is 11.3. The molecule has 16 heavy (non-hydrogen) atoms. The molecule has 0 amide bonds. The van der Waals surface area contributed by atoms with Crippen LogP contribution in [0, 0.1) is 11.3 Å². The maximum atomic E-state index is 3.33. The van der Waals surface area contributed by atoms with Gasteiger partial charge in [-0.25, -0.2) is 0 Å². The van der Waals surface area contributed by atoms with Crippen LogP contribution < -0.4 is 5.32 Å². The Kier molecular flexibility index (Phi) is 3.91. The van der Waals surface area contributed by atoms with Crippen molar-refractivity contribution < 1.29 is 0 Å². The molecule has 1 N–H and O–H groups in total.